The van der Waals surface area contributed by atoms with Crippen LogP contribution >= 0.6 is 0 Å². The van der Waals surface area contributed by atoms with Gasteiger partial charge in [-0.25, -0.2) is 4.99 Å². The van der Waals surface area contributed by atoms with Crippen molar-refractivity contribution in [3.63, 3.8) is 0 Å². The largest absolute Gasteiger partial charge is 0.481 e. The third-order valence-corrected chi connectivity index (χ3v) is 10.1. The number of carboxylic acids is 1. The summed E-state index contributed by atoms with van der Waals surface area (Å²) in [5.74, 6) is -2.09. The lowest BCUT2D eigenvalue weighted by molar-refractivity contribution is -0.498. The van der Waals surface area contributed by atoms with Crippen LogP contribution in [0.3, 0.4) is 0 Å². The van der Waals surface area contributed by atoms with E-state index in [2.05, 4.69) is 15.6 Å². The van der Waals surface area contributed by atoms with E-state index < -0.39 is 53.2 Å². The maximum atomic E-state index is 14.0. The van der Waals surface area contributed by atoms with E-state index in [-0.39, 0.29) is 110 Å². The Morgan fingerprint density at radius 3 is 2.20 bits per heavy atom. The van der Waals surface area contributed by atoms with Crippen LogP contribution in [0.25, 0.3) is 33.4 Å². The molecule has 4 rings (SSSR count). The van der Waals surface area contributed by atoms with Crippen LogP contribution in [-0.4, -0.2) is 113 Å². The Hall–Kier alpha value is -4.92. The first-order chi connectivity index (χ1) is 26.1. The van der Waals surface area contributed by atoms with Crippen molar-refractivity contribution in [3.8, 4) is 22.5 Å². The molecule has 0 bridgehead atoms. The van der Waals surface area contributed by atoms with Gasteiger partial charge in [0.15, 0.2) is 16.2 Å². The van der Waals surface area contributed by atoms with Gasteiger partial charge in [0.1, 0.15) is 6.54 Å². The van der Waals surface area contributed by atoms with E-state index in [0.717, 1.165) is 0 Å². The molecule has 2 amide bonds. The van der Waals surface area contributed by atoms with Gasteiger partial charge in [0.25, 0.3) is 16.0 Å². The molecule has 1 aliphatic heterocycles. The third kappa shape index (κ3) is 10.9. The molecule has 0 unspecified atom stereocenters. The van der Waals surface area contributed by atoms with Gasteiger partial charge in [0.2, 0.25) is 16.2 Å². The number of hydrogen-bond acceptors (Lipinski definition) is 11. The summed E-state index contributed by atoms with van der Waals surface area (Å²) in [4.78, 5) is 39.9. The van der Waals surface area contributed by atoms with Gasteiger partial charge in [-0.15, -0.1) is 0 Å². The number of amides is 2. The smallest absolute Gasteiger partial charge is 0.305 e. The summed E-state index contributed by atoms with van der Waals surface area (Å²) in [6.07, 6.45) is 0.310. The highest BCUT2D eigenvalue weighted by Gasteiger charge is 2.33. The van der Waals surface area contributed by atoms with E-state index >= 15 is 0 Å². The number of ether oxygens (including phenoxy) is 2. The van der Waals surface area contributed by atoms with Crippen molar-refractivity contribution in [2.75, 3.05) is 65.0 Å². The average Bonchev–Trinajstić information content (AvgIpc) is 3.11. The summed E-state index contributed by atoms with van der Waals surface area (Å²) in [6.45, 7) is 5.11. The molecule has 0 aromatic heterocycles. The number of nitrogens with zero attached hydrogens (tertiary/aromatic N) is 1. The maximum absolute atomic E-state index is 14.0. The predicted molar refractivity (Wildman–Crippen MR) is 200 cm³/mol. The summed E-state index contributed by atoms with van der Waals surface area (Å²) < 4.78 is 89.0. The minimum atomic E-state index is -5.01. The topological polar surface area (TPSA) is 253 Å². The van der Waals surface area contributed by atoms with E-state index in [1.807, 2.05) is 0 Å². The fraction of sp³-hybridized carbons (Fsp3) is 0.389. The average molecular weight is 806 g/mol. The molecule has 2 aromatic carbocycles. The van der Waals surface area contributed by atoms with Crippen molar-refractivity contribution in [3.05, 3.63) is 59.5 Å². The summed E-state index contributed by atoms with van der Waals surface area (Å²) in [5, 5.41) is 14.3. The minimum absolute atomic E-state index is 0.0250. The number of anilines is 1. The van der Waals surface area contributed by atoms with Gasteiger partial charge in [0.05, 0.1) is 38.5 Å². The first kappa shape index (κ1) is 42.8. The van der Waals surface area contributed by atoms with E-state index in [4.69, 9.17) is 19.0 Å². The molecule has 0 saturated heterocycles. The molecule has 0 radical (unpaired) electrons. The fourth-order valence-electron chi connectivity index (χ4n) is 5.93. The summed E-state index contributed by atoms with van der Waals surface area (Å²) in [7, 11) is -8.47. The van der Waals surface area contributed by atoms with E-state index in [1.54, 1.807) is 45.2 Å². The van der Waals surface area contributed by atoms with Gasteiger partial charge in [0, 0.05) is 61.2 Å². The Labute approximate surface area is 318 Å². The molecule has 2 aliphatic rings. The number of carboxylic acid groups (broad SMARTS) is 1. The highest BCUT2D eigenvalue weighted by Crippen LogP contribution is 2.46. The number of aliphatic carboxylic acids is 1. The zero-order valence-electron chi connectivity index (χ0n) is 30.6. The van der Waals surface area contributed by atoms with Crippen molar-refractivity contribution >= 4 is 54.7 Å². The molecule has 19 heteroatoms. The lowest BCUT2D eigenvalue weighted by Gasteiger charge is -2.22. The molecule has 0 atom stereocenters. The highest BCUT2D eigenvalue weighted by molar-refractivity contribution is 7.86. The molecule has 2 aromatic rings. The Morgan fingerprint density at radius 2 is 1.55 bits per heavy atom. The van der Waals surface area contributed by atoms with Gasteiger partial charge in [-0.3, -0.25) is 23.5 Å². The molecule has 1 aliphatic carbocycles. The molecule has 6 N–H and O–H groups in total. The van der Waals surface area contributed by atoms with Crippen LogP contribution in [-0.2, 0) is 39.3 Å². The number of nitrogens with one attached hydrogen (secondary N) is 3. The Balaban J connectivity index is 1.66. The van der Waals surface area contributed by atoms with Crippen LogP contribution in [0.15, 0.2) is 62.7 Å². The van der Waals surface area contributed by atoms with Gasteiger partial charge >= 0.3 is 16.1 Å². The summed E-state index contributed by atoms with van der Waals surface area (Å²) in [5.41, 5.74) is 0.295. The molecule has 0 spiro atoms. The van der Waals surface area contributed by atoms with Crippen molar-refractivity contribution in [1.82, 2.24) is 10.2 Å². The Morgan fingerprint density at radius 1 is 0.855 bits per heavy atom. The zero-order chi connectivity index (χ0) is 40.3. The molecule has 0 saturated carbocycles. The molecule has 298 valence electrons. The molecule has 0 fully saturated rings. The first-order valence-electron chi connectivity index (χ1n) is 17.4. The van der Waals surface area contributed by atoms with Crippen LogP contribution in [0.4, 0.5) is 5.69 Å². The summed E-state index contributed by atoms with van der Waals surface area (Å²) in [6, 6.07) is 12.3. The quantitative estimate of drug-likeness (QED) is 0.0422. The molecule has 55 heavy (non-hydrogen) atoms. The Bertz CT molecular complexity index is 2290. The molecule has 1 heterocycles. The van der Waals surface area contributed by atoms with Crippen LogP contribution in [0.2, 0.25) is 0 Å². The minimum Gasteiger partial charge on any atom is -0.481 e. The van der Waals surface area contributed by atoms with E-state index in [0.29, 0.717) is 6.42 Å². The third-order valence-electron chi connectivity index (χ3n) is 8.29. The number of hydrogen-bond donors (Lipinski definition) is 6. The second-order valence-electron chi connectivity index (χ2n) is 12.2. The van der Waals surface area contributed by atoms with Crippen molar-refractivity contribution in [2.45, 2.75) is 42.9 Å². The zero-order valence-corrected chi connectivity index (χ0v) is 32.2. The number of carbonyl (C=O) groups excluding carboxylic acids is 2. The van der Waals surface area contributed by atoms with Crippen molar-refractivity contribution in [1.29, 1.82) is 0 Å². The molecule has 17 nitrogen and oxygen atoms in total. The van der Waals surface area contributed by atoms with E-state index in [1.165, 1.54) is 29.2 Å². The monoisotopic (exact) mass is 805 g/mol. The van der Waals surface area contributed by atoms with Crippen LogP contribution in [0, 0.1) is 0 Å². The maximum Gasteiger partial charge on any atom is 0.305 e. The standard InChI is InChI=1S/C36H44N4O13S2/c1-4-37-27-14-12-25-31(26-13-15-28(38-5-2)35(55(48,49)50)33(26)53-32(25)34(27)54(45,46)47)23-9-6-7-10-24(23)36(44)40(3)18-8-11-29(41)39-17-20-52-22-21-51-19-16-30(42)43/h6-7,9-10,12-15,37H,4-5,8,11,16-22H2,1-3H3,(H,39,41)(H,42,43)(H,45,46,47)(H,48,49,50)/p+1. The molecular weight excluding hydrogens is 761 g/mol. The van der Waals surface area contributed by atoms with Crippen LogP contribution in [0.5, 0.6) is 0 Å². The first-order valence-corrected chi connectivity index (χ1v) is 20.3. The van der Waals surface area contributed by atoms with Gasteiger partial charge < -0.3 is 34.5 Å². The van der Waals surface area contributed by atoms with Crippen molar-refractivity contribution in [2.24, 2.45) is 0 Å². The van der Waals surface area contributed by atoms with Crippen LogP contribution < -0.4 is 21.0 Å². The second kappa shape index (κ2) is 19.1. The Kier molecular flexibility index (Phi) is 14.9. The number of rotatable bonds is 20. The second-order valence-corrected chi connectivity index (χ2v) is 14.9. The van der Waals surface area contributed by atoms with Gasteiger partial charge in [-0.2, -0.15) is 16.8 Å². The fourth-order valence-corrected chi connectivity index (χ4v) is 7.54. The van der Waals surface area contributed by atoms with Crippen molar-refractivity contribution < 1.29 is 64.3 Å². The normalized spacial score (nSPS) is 12.3. The SMILES string of the molecule is CCNc1ccc2c(-c3ccccc3C(=O)N(C)CCCC(=O)NCCOCCOCCC(=O)O)c3ccc(=[NH+]CC)c(S(=O)(=O)O)c-3oc2c1S(=O)(=O)O. The van der Waals surface area contributed by atoms with Gasteiger partial charge in [-0.05, 0) is 50.1 Å². The van der Waals surface area contributed by atoms with Crippen LogP contribution in [0.1, 0.15) is 43.5 Å². The molecular formula is C36H45N4O13S2+. The lowest BCUT2D eigenvalue weighted by atomic mass is 9.90. The highest BCUT2D eigenvalue weighted by atomic mass is 32.2. The lowest BCUT2D eigenvalue weighted by Crippen LogP contribution is -2.76. The number of fused-ring (bicyclic) bond motifs is 2. The number of benzene rings is 3. The van der Waals surface area contributed by atoms with E-state index in [9.17, 15) is 40.3 Å². The predicted octanol–water partition coefficient (Wildman–Crippen LogP) is 1.61. The number of carbonyl (C=O) groups is 3. The van der Waals surface area contributed by atoms with Gasteiger partial charge in [-0.1, -0.05) is 18.2 Å². The summed E-state index contributed by atoms with van der Waals surface area (Å²) >= 11 is 0.